The number of hydrogen-bond donors (Lipinski definition) is 0. The van der Waals surface area contributed by atoms with Crippen LogP contribution in [0.3, 0.4) is 0 Å². The number of para-hydroxylation sites is 1. The third-order valence-electron chi connectivity index (χ3n) is 6.53. The van der Waals surface area contributed by atoms with E-state index in [0.29, 0.717) is 17.8 Å². The Kier molecular flexibility index (Phi) is 4.09. The standard InChI is InChI=1S/C20H23NO5/c1-12(26-19(23)16-4-2-3-5-17(16)21(24)25)18(22)20-9-13-6-14(10-20)8-15(7-13)11-20/h2-5,12-15H,6-11H2,1H3. The molecule has 0 aromatic heterocycles. The molecule has 5 rings (SSSR count). The molecule has 0 spiro atoms. The number of nitrogens with zero attached hydrogens (tertiary/aromatic N) is 1. The summed E-state index contributed by atoms with van der Waals surface area (Å²) >= 11 is 0. The van der Waals surface area contributed by atoms with Crippen molar-refractivity contribution >= 4 is 17.4 Å². The molecule has 1 unspecified atom stereocenters. The molecule has 4 bridgehead atoms. The largest absolute Gasteiger partial charge is 0.451 e. The molecule has 0 radical (unpaired) electrons. The van der Waals surface area contributed by atoms with Crippen molar-refractivity contribution in [2.45, 2.75) is 51.6 Å². The zero-order valence-electron chi connectivity index (χ0n) is 14.8. The van der Waals surface area contributed by atoms with E-state index in [9.17, 15) is 19.7 Å². The van der Waals surface area contributed by atoms with Crippen LogP contribution in [0, 0.1) is 33.3 Å². The molecule has 0 heterocycles. The second-order valence-corrected chi connectivity index (χ2v) is 8.38. The molecule has 4 saturated carbocycles. The molecule has 0 saturated heterocycles. The van der Waals surface area contributed by atoms with E-state index in [-0.39, 0.29) is 22.4 Å². The van der Waals surface area contributed by atoms with E-state index in [0.717, 1.165) is 19.3 Å². The lowest BCUT2D eigenvalue weighted by atomic mass is 9.48. The number of nitro groups is 1. The van der Waals surface area contributed by atoms with Crippen LogP contribution >= 0.6 is 0 Å². The lowest BCUT2D eigenvalue weighted by molar-refractivity contribution is -0.385. The van der Waals surface area contributed by atoms with Gasteiger partial charge in [-0.1, -0.05) is 12.1 Å². The van der Waals surface area contributed by atoms with Gasteiger partial charge in [-0.15, -0.1) is 0 Å². The van der Waals surface area contributed by atoms with Crippen LogP contribution in [0.2, 0.25) is 0 Å². The van der Waals surface area contributed by atoms with E-state index >= 15 is 0 Å². The maximum atomic E-state index is 13.2. The van der Waals surface area contributed by atoms with Crippen LogP contribution < -0.4 is 0 Å². The summed E-state index contributed by atoms with van der Waals surface area (Å²) < 4.78 is 5.39. The van der Waals surface area contributed by atoms with E-state index in [1.54, 1.807) is 13.0 Å². The molecule has 138 valence electrons. The number of hydrogen-bond acceptors (Lipinski definition) is 5. The Bertz CT molecular complexity index is 736. The second kappa shape index (κ2) is 6.18. The average Bonchev–Trinajstić information content (AvgIpc) is 2.59. The monoisotopic (exact) mass is 357 g/mol. The Hall–Kier alpha value is -2.24. The lowest BCUT2D eigenvalue weighted by Gasteiger charge is -2.56. The number of Topliss-reactive ketones (excluding diaryl/α,β-unsaturated/α-hetero) is 1. The van der Waals surface area contributed by atoms with E-state index in [4.69, 9.17) is 4.74 Å². The molecule has 26 heavy (non-hydrogen) atoms. The molecular weight excluding hydrogens is 334 g/mol. The Labute approximate surface area is 152 Å². The summed E-state index contributed by atoms with van der Waals surface area (Å²) in [5.41, 5.74) is -0.758. The minimum absolute atomic E-state index is 0.00327. The first-order valence-electron chi connectivity index (χ1n) is 9.37. The summed E-state index contributed by atoms with van der Waals surface area (Å²) in [6.07, 6.45) is 5.55. The molecule has 1 atom stereocenters. The maximum Gasteiger partial charge on any atom is 0.345 e. The molecule has 4 fully saturated rings. The van der Waals surface area contributed by atoms with Crippen LogP contribution in [-0.2, 0) is 9.53 Å². The van der Waals surface area contributed by atoms with E-state index < -0.39 is 17.0 Å². The topological polar surface area (TPSA) is 86.5 Å². The summed E-state index contributed by atoms with van der Waals surface area (Å²) in [7, 11) is 0. The van der Waals surface area contributed by atoms with Crippen molar-refractivity contribution in [3.63, 3.8) is 0 Å². The smallest absolute Gasteiger partial charge is 0.345 e. The highest BCUT2D eigenvalue weighted by Gasteiger charge is 2.55. The average molecular weight is 357 g/mol. The van der Waals surface area contributed by atoms with Crippen molar-refractivity contribution in [3.05, 3.63) is 39.9 Å². The molecule has 0 aliphatic heterocycles. The molecule has 4 aliphatic carbocycles. The van der Waals surface area contributed by atoms with Gasteiger partial charge in [-0.25, -0.2) is 4.79 Å². The van der Waals surface area contributed by atoms with E-state index in [1.807, 2.05) is 0 Å². The van der Waals surface area contributed by atoms with Gasteiger partial charge in [0.1, 0.15) is 5.56 Å². The van der Waals surface area contributed by atoms with Crippen molar-refractivity contribution in [2.24, 2.45) is 23.2 Å². The minimum Gasteiger partial charge on any atom is -0.451 e. The quantitative estimate of drug-likeness (QED) is 0.453. The Morgan fingerprint density at radius 3 is 2.19 bits per heavy atom. The van der Waals surface area contributed by atoms with Crippen molar-refractivity contribution in [1.82, 2.24) is 0 Å². The van der Waals surface area contributed by atoms with Crippen LogP contribution in [0.25, 0.3) is 0 Å². The number of ether oxygens (including phenoxy) is 1. The summed E-state index contributed by atoms with van der Waals surface area (Å²) in [6.45, 7) is 1.60. The Morgan fingerprint density at radius 1 is 1.12 bits per heavy atom. The van der Waals surface area contributed by atoms with E-state index in [2.05, 4.69) is 0 Å². The highest BCUT2D eigenvalue weighted by Crippen LogP contribution is 2.60. The summed E-state index contributed by atoms with van der Waals surface area (Å²) in [5.74, 6) is 1.08. The fourth-order valence-electron chi connectivity index (χ4n) is 5.93. The van der Waals surface area contributed by atoms with Gasteiger partial charge in [0.25, 0.3) is 5.69 Å². The molecule has 4 aliphatic rings. The van der Waals surface area contributed by atoms with Crippen LogP contribution in [0.1, 0.15) is 55.8 Å². The first kappa shape index (κ1) is 17.2. The number of esters is 1. The van der Waals surface area contributed by atoms with Gasteiger partial charge in [0.05, 0.1) is 4.92 Å². The predicted octanol–water partition coefficient (Wildman–Crippen LogP) is 3.93. The predicted molar refractivity (Wildman–Crippen MR) is 93.6 cm³/mol. The van der Waals surface area contributed by atoms with Crippen LogP contribution in [0.15, 0.2) is 24.3 Å². The van der Waals surface area contributed by atoms with Gasteiger partial charge in [-0.2, -0.15) is 0 Å². The molecule has 1 aromatic carbocycles. The molecule has 0 amide bonds. The van der Waals surface area contributed by atoms with Gasteiger partial charge in [0, 0.05) is 11.5 Å². The summed E-state index contributed by atoms with van der Waals surface area (Å²) in [5, 5.41) is 11.1. The highest BCUT2D eigenvalue weighted by molar-refractivity contribution is 5.97. The lowest BCUT2D eigenvalue weighted by Crippen LogP contribution is -2.52. The normalized spacial score (nSPS) is 32.9. The minimum atomic E-state index is -0.876. The van der Waals surface area contributed by atoms with Crippen molar-refractivity contribution in [3.8, 4) is 0 Å². The first-order chi connectivity index (χ1) is 12.4. The van der Waals surface area contributed by atoms with Crippen LogP contribution in [0.5, 0.6) is 0 Å². The highest BCUT2D eigenvalue weighted by atomic mass is 16.6. The van der Waals surface area contributed by atoms with Crippen molar-refractivity contribution < 1.29 is 19.2 Å². The zero-order valence-corrected chi connectivity index (χ0v) is 14.8. The number of nitro benzene ring substituents is 1. The molecule has 0 N–H and O–H groups in total. The number of rotatable bonds is 5. The molecule has 1 aromatic rings. The van der Waals surface area contributed by atoms with Gasteiger partial charge >= 0.3 is 5.97 Å². The third-order valence-corrected chi connectivity index (χ3v) is 6.53. The van der Waals surface area contributed by atoms with Crippen LogP contribution in [0.4, 0.5) is 5.69 Å². The van der Waals surface area contributed by atoms with Gasteiger partial charge in [0.15, 0.2) is 11.9 Å². The number of ketones is 1. The van der Waals surface area contributed by atoms with Gasteiger partial charge in [0.2, 0.25) is 0 Å². The van der Waals surface area contributed by atoms with Crippen LogP contribution in [-0.4, -0.2) is 22.8 Å². The number of carbonyl (C=O) groups excluding carboxylic acids is 2. The first-order valence-corrected chi connectivity index (χ1v) is 9.37. The molecule has 6 nitrogen and oxygen atoms in total. The SMILES string of the molecule is CC(OC(=O)c1ccccc1[N+](=O)[O-])C(=O)C12CC3CC(CC(C3)C1)C2. The Balaban J connectivity index is 1.50. The summed E-state index contributed by atoms with van der Waals surface area (Å²) in [4.78, 5) is 36.1. The van der Waals surface area contributed by atoms with E-state index in [1.165, 1.54) is 37.5 Å². The fraction of sp³-hybridized carbons (Fsp3) is 0.600. The second-order valence-electron chi connectivity index (χ2n) is 8.38. The number of carbonyl (C=O) groups is 2. The van der Waals surface area contributed by atoms with Crippen molar-refractivity contribution in [2.75, 3.05) is 0 Å². The molecular formula is C20H23NO5. The van der Waals surface area contributed by atoms with Gasteiger partial charge < -0.3 is 4.74 Å². The van der Waals surface area contributed by atoms with Crippen molar-refractivity contribution in [1.29, 1.82) is 0 Å². The molecule has 6 heteroatoms. The maximum absolute atomic E-state index is 13.2. The fourth-order valence-corrected chi connectivity index (χ4v) is 5.93. The summed E-state index contributed by atoms with van der Waals surface area (Å²) in [6, 6.07) is 5.68. The number of benzene rings is 1. The van der Waals surface area contributed by atoms with Gasteiger partial charge in [-0.3, -0.25) is 14.9 Å². The Morgan fingerprint density at radius 2 is 1.65 bits per heavy atom. The third kappa shape index (κ3) is 2.81. The van der Waals surface area contributed by atoms with Gasteiger partial charge in [-0.05, 0) is 69.3 Å². The zero-order chi connectivity index (χ0) is 18.5.